The van der Waals surface area contributed by atoms with Crippen molar-refractivity contribution in [3.63, 3.8) is 0 Å². The highest BCUT2D eigenvalue weighted by atomic mass is 35.5. The van der Waals surface area contributed by atoms with Crippen LogP contribution in [0.5, 0.6) is 0 Å². The SMILES string of the molecule is Clc1ccoc1[C@@H]1CCCCN1. The van der Waals surface area contributed by atoms with Crippen LogP contribution in [0.25, 0.3) is 0 Å². The van der Waals surface area contributed by atoms with Gasteiger partial charge in [0.25, 0.3) is 0 Å². The lowest BCUT2D eigenvalue weighted by Gasteiger charge is -2.21. The van der Waals surface area contributed by atoms with E-state index >= 15 is 0 Å². The van der Waals surface area contributed by atoms with Crippen molar-refractivity contribution in [1.82, 2.24) is 5.32 Å². The molecule has 66 valence electrons. The lowest BCUT2D eigenvalue weighted by Crippen LogP contribution is -2.26. The van der Waals surface area contributed by atoms with Crippen molar-refractivity contribution in [2.24, 2.45) is 0 Å². The maximum atomic E-state index is 5.94. The summed E-state index contributed by atoms with van der Waals surface area (Å²) in [7, 11) is 0. The van der Waals surface area contributed by atoms with Crippen LogP contribution in [0.15, 0.2) is 16.7 Å². The molecule has 0 aromatic carbocycles. The van der Waals surface area contributed by atoms with Gasteiger partial charge >= 0.3 is 0 Å². The second-order valence-corrected chi connectivity index (χ2v) is 3.54. The van der Waals surface area contributed by atoms with Crippen molar-refractivity contribution in [2.45, 2.75) is 25.3 Å². The summed E-state index contributed by atoms with van der Waals surface area (Å²) in [6.45, 7) is 1.07. The molecule has 12 heavy (non-hydrogen) atoms. The van der Waals surface area contributed by atoms with Crippen LogP contribution in [0.2, 0.25) is 5.02 Å². The summed E-state index contributed by atoms with van der Waals surface area (Å²) < 4.78 is 5.31. The zero-order valence-corrected chi connectivity index (χ0v) is 7.60. The molecule has 1 fully saturated rings. The largest absolute Gasteiger partial charge is 0.466 e. The van der Waals surface area contributed by atoms with Crippen molar-refractivity contribution < 1.29 is 4.42 Å². The molecule has 1 aliphatic rings. The van der Waals surface area contributed by atoms with E-state index in [0.717, 1.165) is 23.7 Å². The minimum atomic E-state index is 0.334. The predicted molar refractivity (Wildman–Crippen MR) is 48.3 cm³/mol. The van der Waals surface area contributed by atoms with Gasteiger partial charge in [-0.25, -0.2) is 0 Å². The highest BCUT2D eigenvalue weighted by Crippen LogP contribution is 2.29. The normalized spacial score (nSPS) is 24.2. The molecule has 2 rings (SSSR count). The summed E-state index contributed by atoms with van der Waals surface area (Å²) in [5.41, 5.74) is 0. The molecule has 0 bridgehead atoms. The van der Waals surface area contributed by atoms with E-state index in [9.17, 15) is 0 Å². The Morgan fingerprint density at radius 3 is 3.00 bits per heavy atom. The summed E-state index contributed by atoms with van der Waals surface area (Å²) in [4.78, 5) is 0. The molecule has 1 N–H and O–H groups in total. The van der Waals surface area contributed by atoms with E-state index in [0.29, 0.717) is 6.04 Å². The highest BCUT2D eigenvalue weighted by Gasteiger charge is 2.19. The fourth-order valence-electron chi connectivity index (χ4n) is 1.63. The maximum Gasteiger partial charge on any atom is 0.139 e. The van der Waals surface area contributed by atoms with Crippen LogP contribution in [-0.4, -0.2) is 6.54 Å². The molecular formula is C9H12ClNO. The van der Waals surface area contributed by atoms with Crippen LogP contribution >= 0.6 is 11.6 Å². The second-order valence-electron chi connectivity index (χ2n) is 3.14. The average Bonchev–Trinajstić information content (AvgIpc) is 2.53. The van der Waals surface area contributed by atoms with E-state index < -0.39 is 0 Å². The van der Waals surface area contributed by atoms with Crippen molar-refractivity contribution in [2.75, 3.05) is 6.54 Å². The quantitative estimate of drug-likeness (QED) is 0.728. The zero-order valence-electron chi connectivity index (χ0n) is 6.85. The third-order valence-electron chi connectivity index (χ3n) is 2.27. The number of halogens is 1. The molecule has 2 heterocycles. The van der Waals surface area contributed by atoms with E-state index in [1.807, 2.05) is 0 Å². The van der Waals surface area contributed by atoms with Gasteiger partial charge < -0.3 is 9.73 Å². The predicted octanol–water partition coefficient (Wildman–Crippen LogP) is 2.75. The molecule has 1 aliphatic heterocycles. The Hall–Kier alpha value is -0.470. The molecule has 1 aromatic heterocycles. The third kappa shape index (κ3) is 1.50. The monoisotopic (exact) mass is 185 g/mol. The zero-order chi connectivity index (χ0) is 8.39. The topological polar surface area (TPSA) is 25.2 Å². The summed E-state index contributed by atoms with van der Waals surface area (Å²) in [6, 6.07) is 2.13. The van der Waals surface area contributed by atoms with E-state index in [1.54, 1.807) is 12.3 Å². The molecule has 0 spiro atoms. The van der Waals surface area contributed by atoms with Crippen molar-refractivity contribution >= 4 is 11.6 Å². The molecule has 3 heteroatoms. The van der Waals surface area contributed by atoms with Crippen LogP contribution in [-0.2, 0) is 0 Å². The van der Waals surface area contributed by atoms with Gasteiger partial charge in [-0.15, -0.1) is 0 Å². The number of piperidine rings is 1. The number of nitrogens with one attached hydrogen (secondary N) is 1. The Balaban J connectivity index is 2.13. The molecular weight excluding hydrogens is 174 g/mol. The van der Waals surface area contributed by atoms with Gasteiger partial charge in [-0.3, -0.25) is 0 Å². The van der Waals surface area contributed by atoms with Crippen molar-refractivity contribution in [3.05, 3.63) is 23.1 Å². The van der Waals surface area contributed by atoms with Crippen molar-refractivity contribution in [1.29, 1.82) is 0 Å². The number of hydrogen-bond donors (Lipinski definition) is 1. The lowest BCUT2D eigenvalue weighted by atomic mass is 10.0. The van der Waals surface area contributed by atoms with Gasteiger partial charge in [-0.05, 0) is 25.5 Å². The minimum Gasteiger partial charge on any atom is -0.466 e. The fraction of sp³-hybridized carbons (Fsp3) is 0.556. The molecule has 0 amide bonds. The van der Waals surface area contributed by atoms with Crippen LogP contribution in [0, 0.1) is 0 Å². The smallest absolute Gasteiger partial charge is 0.139 e. The number of furan rings is 1. The first kappa shape index (κ1) is 8.14. The van der Waals surface area contributed by atoms with Crippen LogP contribution in [0.3, 0.4) is 0 Å². The van der Waals surface area contributed by atoms with Gasteiger partial charge in [0.15, 0.2) is 0 Å². The molecule has 1 aromatic rings. The number of rotatable bonds is 1. The lowest BCUT2D eigenvalue weighted by molar-refractivity contribution is 0.349. The maximum absolute atomic E-state index is 5.94. The minimum absolute atomic E-state index is 0.334. The Morgan fingerprint density at radius 1 is 1.50 bits per heavy atom. The van der Waals surface area contributed by atoms with Gasteiger partial charge in [-0.1, -0.05) is 18.0 Å². The van der Waals surface area contributed by atoms with E-state index in [4.69, 9.17) is 16.0 Å². The fourth-order valence-corrected chi connectivity index (χ4v) is 1.86. The third-order valence-corrected chi connectivity index (χ3v) is 2.58. The Morgan fingerprint density at radius 2 is 2.42 bits per heavy atom. The molecule has 1 saturated heterocycles. The average molecular weight is 186 g/mol. The summed E-state index contributed by atoms with van der Waals surface area (Å²) >= 11 is 5.94. The van der Waals surface area contributed by atoms with E-state index in [-0.39, 0.29) is 0 Å². The molecule has 0 radical (unpaired) electrons. The van der Waals surface area contributed by atoms with Crippen molar-refractivity contribution in [3.8, 4) is 0 Å². The Labute approximate surface area is 76.9 Å². The molecule has 0 aliphatic carbocycles. The second kappa shape index (κ2) is 3.50. The molecule has 1 atom stereocenters. The van der Waals surface area contributed by atoms with Crippen LogP contribution < -0.4 is 5.32 Å². The summed E-state index contributed by atoms with van der Waals surface area (Å²) in [5.74, 6) is 0.899. The number of hydrogen-bond acceptors (Lipinski definition) is 2. The Bertz CT molecular complexity index is 253. The first-order valence-corrected chi connectivity index (χ1v) is 4.72. The molecule has 2 nitrogen and oxygen atoms in total. The van der Waals surface area contributed by atoms with Gasteiger partial charge in [-0.2, -0.15) is 0 Å². The first-order chi connectivity index (χ1) is 5.88. The Kier molecular flexibility index (Phi) is 2.38. The van der Waals surface area contributed by atoms with E-state index in [2.05, 4.69) is 5.32 Å². The molecule has 0 saturated carbocycles. The van der Waals surface area contributed by atoms with Gasteiger partial charge in [0.1, 0.15) is 5.76 Å². The van der Waals surface area contributed by atoms with Gasteiger partial charge in [0.05, 0.1) is 17.3 Å². The first-order valence-electron chi connectivity index (χ1n) is 4.34. The van der Waals surface area contributed by atoms with Gasteiger partial charge in [0, 0.05) is 0 Å². The standard InChI is InChI=1S/C9H12ClNO/c10-7-4-6-12-9(7)8-3-1-2-5-11-8/h4,6,8,11H,1-3,5H2/t8-/m0/s1. The van der Waals surface area contributed by atoms with Gasteiger partial charge in [0.2, 0.25) is 0 Å². The van der Waals surface area contributed by atoms with E-state index in [1.165, 1.54) is 12.8 Å². The van der Waals surface area contributed by atoms with Crippen LogP contribution in [0.4, 0.5) is 0 Å². The highest BCUT2D eigenvalue weighted by molar-refractivity contribution is 6.31. The summed E-state index contributed by atoms with van der Waals surface area (Å²) in [6.07, 6.45) is 5.30. The summed E-state index contributed by atoms with van der Waals surface area (Å²) in [5, 5.41) is 4.13. The van der Waals surface area contributed by atoms with Crippen LogP contribution in [0.1, 0.15) is 31.1 Å². The molecule has 0 unspecified atom stereocenters.